The van der Waals surface area contributed by atoms with Crippen molar-refractivity contribution in [2.24, 2.45) is 17.3 Å². The van der Waals surface area contributed by atoms with Crippen molar-refractivity contribution < 1.29 is 14.3 Å². The predicted octanol–water partition coefficient (Wildman–Crippen LogP) is 1.62. The van der Waals surface area contributed by atoms with Crippen molar-refractivity contribution in [2.45, 2.75) is 39.8 Å². The molecule has 25 heavy (non-hydrogen) atoms. The molecule has 1 amide bonds. The summed E-state index contributed by atoms with van der Waals surface area (Å²) in [5.74, 6) is 2.82. The van der Waals surface area contributed by atoms with Crippen LogP contribution in [0.15, 0.2) is 6.07 Å². The molecule has 1 aromatic rings. The lowest BCUT2D eigenvalue weighted by Gasteiger charge is -2.26. The number of methoxy groups -OCH3 is 2. The van der Waals surface area contributed by atoms with Crippen LogP contribution in [0.4, 0.5) is 5.82 Å². The van der Waals surface area contributed by atoms with Crippen molar-refractivity contribution in [3.05, 3.63) is 11.9 Å². The summed E-state index contributed by atoms with van der Waals surface area (Å²) in [6, 6.07) is 1.93. The van der Waals surface area contributed by atoms with Crippen LogP contribution in [0.5, 0.6) is 5.88 Å². The molecular formula is C18H28N4O3. The van der Waals surface area contributed by atoms with Gasteiger partial charge in [-0.1, -0.05) is 20.8 Å². The van der Waals surface area contributed by atoms with Crippen LogP contribution in [0.1, 0.15) is 33.0 Å². The summed E-state index contributed by atoms with van der Waals surface area (Å²) in [5, 5.41) is 3.25. The van der Waals surface area contributed by atoms with Crippen LogP contribution < -0.4 is 15.0 Å². The maximum atomic E-state index is 12.4. The maximum absolute atomic E-state index is 12.4. The zero-order valence-corrected chi connectivity index (χ0v) is 15.7. The Labute approximate surface area is 149 Å². The molecule has 1 aliphatic heterocycles. The molecule has 1 saturated heterocycles. The Kier molecular flexibility index (Phi) is 4.86. The lowest BCUT2D eigenvalue weighted by Crippen LogP contribution is -2.45. The van der Waals surface area contributed by atoms with Gasteiger partial charge in [0.25, 0.3) is 0 Å². The van der Waals surface area contributed by atoms with Gasteiger partial charge in [0.2, 0.25) is 11.8 Å². The molecule has 2 fully saturated rings. The van der Waals surface area contributed by atoms with Gasteiger partial charge in [0, 0.05) is 37.6 Å². The van der Waals surface area contributed by atoms with Crippen molar-refractivity contribution in [3.63, 3.8) is 0 Å². The van der Waals surface area contributed by atoms with Gasteiger partial charge in [0.05, 0.1) is 13.2 Å². The molecule has 3 atom stereocenters. The van der Waals surface area contributed by atoms with E-state index in [1.807, 2.05) is 6.07 Å². The molecule has 3 rings (SSSR count). The van der Waals surface area contributed by atoms with Crippen LogP contribution in [-0.4, -0.2) is 49.2 Å². The normalized spacial score (nSPS) is 27.2. The number of hydrogen-bond donors (Lipinski definition) is 1. The number of ether oxygens (including phenoxy) is 2. The van der Waals surface area contributed by atoms with Crippen LogP contribution in [0, 0.1) is 17.3 Å². The highest BCUT2D eigenvalue weighted by molar-refractivity contribution is 5.82. The maximum Gasteiger partial charge on any atom is 0.223 e. The lowest BCUT2D eigenvalue weighted by atomic mass is 9.87. The van der Waals surface area contributed by atoms with Gasteiger partial charge in [-0.2, -0.15) is 4.98 Å². The van der Waals surface area contributed by atoms with E-state index in [0.29, 0.717) is 24.2 Å². The second kappa shape index (κ2) is 6.78. The molecule has 7 nitrogen and oxygen atoms in total. The number of carbonyl (C=O) groups is 1. The van der Waals surface area contributed by atoms with E-state index in [2.05, 4.69) is 41.0 Å². The van der Waals surface area contributed by atoms with Crippen molar-refractivity contribution >= 4 is 11.7 Å². The zero-order valence-electron chi connectivity index (χ0n) is 15.7. The molecule has 1 aromatic heterocycles. The minimum absolute atomic E-state index is 0.0343. The second-order valence-corrected chi connectivity index (χ2v) is 7.87. The Balaban J connectivity index is 1.75. The molecule has 138 valence electrons. The van der Waals surface area contributed by atoms with Crippen molar-refractivity contribution in [3.8, 4) is 5.88 Å². The Hall–Kier alpha value is -1.89. The third-order valence-electron chi connectivity index (χ3n) is 5.25. The number of nitrogens with one attached hydrogen (secondary N) is 1. The Bertz CT molecular complexity index is 649. The van der Waals surface area contributed by atoms with E-state index >= 15 is 0 Å². The lowest BCUT2D eigenvalue weighted by molar-refractivity contribution is -0.123. The molecule has 0 aromatic carbocycles. The molecule has 0 radical (unpaired) electrons. The number of nitrogens with zero attached hydrogens (tertiary/aromatic N) is 3. The standard InChI is InChI=1S/C18H28N4O3/c1-11-6-12(11)17(23)19-13-8-22(10-18(13,2)3)15-7-16(25-5)21-14(20-15)9-24-4/h7,11-13H,6,8-10H2,1-5H3,(H,19,23)/t11-,12-,13?/m1/s1. The highest BCUT2D eigenvalue weighted by atomic mass is 16.5. The average molecular weight is 348 g/mol. The molecule has 1 saturated carbocycles. The van der Waals surface area contributed by atoms with Crippen LogP contribution in [-0.2, 0) is 16.1 Å². The first-order valence-electron chi connectivity index (χ1n) is 8.80. The predicted molar refractivity (Wildman–Crippen MR) is 94.5 cm³/mol. The minimum Gasteiger partial charge on any atom is -0.481 e. The Morgan fingerprint density at radius 3 is 2.72 bits per heavy atom. The van der Waals surface area contributed by atoms with Gasteiger partial charge in [-0.05, 0) is 12.3 Å². The second-order valence-electron chi connectivity index (χ2n) is 7.87. The van der Waals surface area contributed by atoms with E-state index in [0.717, 1.165) is 25.3 Å². The smallest absolute Gasteiger partial charge is 0.223 e. The SMILES string of the molecule is COCc1nc(OC)cc(N2CC(NC(=O)[C@@H]3C[C@H]3C)C(C)(C)C2)n1. The quantitative estimate of drug-likeness (QED) is 0.842. The fourth-order valence-corrected chi connectivity index (χ4v) is 3.44. The molecule has 0 bridgehead atoms. The van der Waals surface area contributed by atoms with Gasteiger partial charge in [0.15, 0.2) is 5.82 Å². The monoisotopic (exact) mass is 348 g/mol. The van der Waals surface area contributed by atoms with Crippen LogP contribution in [0.25, 0.3) is 0 Å². The van der Waals surface area contributed by atoms with Crippen LogP contribution in [0.3, 0.4) is 0 Å². The molecule has 7 heteroatoms. The first kappa shape index (κ1) is 17.9. The first-order valence-corrected chi connectivity index (χ1v) is 8.80. The van der Waals surface area contributed by atoms with Crippen molar-refractivity contribution in [1.29, 1.82) is 0 Å². The Morgan fingerprint density at radius 2 is 2.12 bits per heavy atom. The summed E-state index contributed by atoms with van der Waals surface area (Å²) >= 11 is 0. The van der Waals surface area contributed by atoms with E-state index in [-0.39, 0.29) is 23.3 Å². The number of aromatic nitrogens is 2. The zero-order chi connectivity index (χ0) is 18.2. The largest absolute Gasteiger partial charge is 0.481 e. The molecule has 0 spiro atoms. The van der Waals surface area contributed by atoms with E-state index < -0.39 is 0 Å². The third kappa shape index (κ3) is 3.86. The minimum atomic E-state index is -0.0343. The van der Waals surface area contributed by atoms with E-state index in [4.69, 9.17) is 9.47 Å². The fourth-order valence-electron chi connectivity index (χ4n) is 3.44. The van der Waals surface area contributed by atoms with Crippen molar-refractivity contribution in [1.82, 2.24) is 15.3 Å². The van der Waals surface area contributed by atoms with Gasteiger partial charge in [-0.25, -0.2) is 4.98 Å². The van der Waals surface area contributed by atoms with Gasteiger partial charge in [-0.15, -0.1) is 0 Å². The molecule has 1 aliphatic carbocycles. The third-order valence-corrected chi connectivity index (χ3v) is 5.25. The number of hydrogen-bond acceptors (Lipinski definition) is 6. The topological polar surface area (TPSA) is 76.6 Å². The first-order chi connectivity index (χ1) is 11.8. The summed E-state index contributed by atoms with van der Waals surface area (Å²) in [4.78, 5) is 23.4. The highest BCUT2D eigenvalue weighted by Gasteiger charge is 2.45. The molecule has 1 unspecified atom stereocenters. The number of carbonyl (C=O) groups excluding carboxylic acids is 1. The highest BCUT2D eigenvalue weighted by Crippen LogP contribution is 2.39. The molecule has 1 N–H and O–H groups in total. The van der Waals surface area contributed by atoms with E-state index in [1.54, 1.807) is 14.2 Å². The fraction of sp³-hybridized carbons (Fsp3) is 0.722. The van der Waals surface area contributed by atoms with Crippen LogP contribution >= 0.6 is 0 Å². The molecule has 2 heterocycles. The number of amides is 1. The molecule has 2 aliphatic rings. The summed E-state index contributed by atoms with van der Waals surface area (Å²) in [6.07, 6.45) is 1.01. The van der Waals surface area contributed by atoms with Crippen LogP contribution in [0.2, 0.25) is 0 Å². The summed E-state index contributed by atoms with van der Waals surface area (Å²) in [5.41, 5.74) is -0.0343. The number of rotatable bonds is 6. The Morgan fingerprint density at radius 1 is 1.40 bits per heavy atom. The summed E-state index contributed by atoms with van der Waals surface area (Å²) in [7, 11) is 3.21. The van der Waals surface area contributed by atoms with E-state index in [1.165, 1.54) is 0 Å². The summed E-state index contributed by atoms with van der Waals surface area (Å²) in [6.45, 7) is 8.37. The van der Waals surface area contributed by atoms with E-state index in [9.17, 15) is 4.79 Å². The van der Waals surface area contributed by atoms with Gasteiger partial charge in [-0.3, -0.25) is 4.79 Å². The van der Waals surface area contributed by atoms with Crippen molar-refractivity contribution in [2.75, 3.05) is 32.2 Å². The summed E-state index contributed by atoms with van der Waals surface area (Å²) < 4.78 is 10.4. The van der Waals surface area contributed by atoms with Gasteiger partial charge in [0.1, 0.15) is 12.4 Å². The van der Waals surface area contributed by atoms with Gasteiger partial charge >= 0.3 is 0 Å². The number of anilines is 1. The van der Waals surface area contributed by atoms with Gasteiger partial charge < -0.3 is 19.7 Å². The average Bonchev–Trinajstić information content (AvgIpc) is 3.22. The molecular weight excluding hydrogens is 320 g/mol.